The smallest absolute Gasteiger partial charge is 0.312 e. The first-order valence-corrected chi connectivity index (χ1v) is 10.1. The van der Waals surface area contributed by atoms with Gasteiger partial charge in [-0.2, -0.15) is 0 Å². The van der Waals surface area contributed by atoms with Crippen molar-refractivity contribution >= 4 is 45.1 Å². The first-order valence-electron chi connectivity index (χ1n) is 8.88. The molecule has 1 aromatic carbocycles. The number of anilines is 1. The summed E-state index contributed by atoms with van der Waals surface area (Å²) in [5, 5.41) is 2.50. The quantitative estimate of drug-likeness (QED) is 0.541. The van der Waals surface area contributed by atoms with Crippen molar-refractivity contribution in [3.63, 3.8) is 0 Å². The van der Waals surface area contributed by atoms with E-state index in [2.05, 4.69) is 21.2 Å². The van der Waals surface area contributed by atoms with Crippen LogP contribution in [-0.2, 0) is 14.3 Å². The van der Waals surface area contributed by atoms with Gasteiger partial charge in [-0.15, -0.1) is 0 Å². The van der Waals surface area contributed by atoms with E-state index >= 15 is 0 Å². The van der Waals surface area contributed by atoms with E-state index < -0.39 is 17.1 Å². The van der Waals surface area contributed by atoms with Crippen LogP contribution in [0.15, 0.2) is 18.2 Å². The number of rotatable bonds is 4. The molecule has 0 spiro atoms. The number of benzene rings is 1. The summed E-state index contributed by atoms with van der Waals surface area (Å²) in [5.74, 6) is -0.139. The fourth-order valence-electron chi connectivity index (χ4n) is 5.44. The molecule has 4 atom stereocenters. The van der Waals surface area contributed by atoms with E-state index in [1.807, 2.05) is 0 Å². The topological polar surface area (TPSA) is 55.4 Å². The fraction of sp³-hybridized carbons (Fsp3) is 0.579. The Labute approximate surface area is 164 Å². The Morgan fingerprint density at radius 3 is 2.58 bits per heavy atom. The summed E-state index contributed by atoms with van der Waals surface area (Å²) < 4.78 is 18.6. The van der Waals surface area contributed by atoms with E-state index in [1.165, 1.54) is 24.6 Å². The highest BCUT2D eigenvalue weighted by Gasteiger charge is 2.60. The standard InChI is InChI=1S/C19H20BrClFNO3/c20-19-7-11-3-12(8-19)6-18(5-11,10-19)17(25)26-9-16(24)23-13-1-2-15(22)14(21)4-13/h1-2,4,11-12H,3,5-10H2,(H,23,24)/t11-,12+,18?,19?. The van der Waals surface area contributed by atoms with Crippen LogP contribution < -0.4 is 5.32 Å². The first-order chi connectivity index (χ1) is 12.3. The Balaban J connectivity index is 1.36. The molecule has 0 aliphatic heterocycles. The molecule has 5 rings (SSSR count). The molecule has 140 valence electrons. The number of esters is 1. The third-order valence-corrected chi connectivity index (χ3v) is 7.18. The van der Waals surface area contributed by atoms with Crippen LogP contribution in [0.2, 0.25) is 5.02 Å². The van der Waals surface area contributed by atoms with Gasteiger partial charge in [0.05, 0.1) is 10.4 Å². The van der Waals surface area contributed by atoms with Gasteiger partial charge in [-0.25, -0.2) is 4.39 Å². The van der Waals surface area contributed by atoms with Gasteiger partial charge in [-0.05, 0) is 68.6 Å². The van der Waals surface area contributed by atoms with Crippen molar-refractivity contribution in [2.45, 2.75) is 42.8 Å². The number of carbonyl (C=O) groups excluding carboxylic acids is 2. The summed E-state index contributed by atoms with van der Waals surface area (Å²) >= 11 is 9.57. The lowest BCUT2D eigenvalue weighted by atomic mass is 9.49. The zero-order valence-corrected chi connectivity index (χ0v) is 16.5. The van der Waals surface area contributed by atoms with Gasteiger partial charge in [-0.3, -0.25) is 9.59 Å². The fourth-order valence-corrected chi connectivity index (χ4v) is 7.08. The van der Waals surface area contributed by atoms with Crippen LogP contribution in [-0.4, -0.2) is 22.8 Å². The van der Waals surface area contributed by atoms with E-state index in [0.717, 1.165) is 32.1 Å². The predicted octanol–water partition coefficient (Wildman–Crippen LogP) is 4.69. The number of amides is 1. The molecule has 0 radical (unpaired) electrons. The van der Waals surface area contributed by atoms with Gasteiger partial charge >= 0.3 is 5.97 Å². The summed E-state index contributed by atoms with van der Waals surface area (Å²) in [6.45, 7) is -0.347. The summed E-state index contributed by atoms with van der Waals surface area (Å²) in [5.41, 5.74) is -0.0841. The van der Waals surface area contributed by atoms with Gasteiger partial charge in [-0.1, -0.05) is 27.5 Å². The highest BCUT2D eigenvalue weighted by Crippen LogP contribution is 2.64. The Morgan fingerprint density at radius 2 is 1.96 bits per heavy atom. The van der Waals surface area contributed by atoms with Gasteiger partial charge in [0.2, 0.25) is 0 Å². The molecule has 4 bridgehead atoms. The van der Waals surface area contributed by atoms with Gasteiger partial charge in [0.25, 0.3) is 5.91 Å². The van der Waals surface area contributed by atoms with Crippen molar-refractivity contribution < 1.29 is 18.7 Å². The highest BCUT2D eigenvalue weighted by molar-refractivity contribution is 9.10. The van der Waals surface area contributed by atoms with Crippen molar-refractivity contribution in [2.75, 3.05) is 11.9 Å². The number of halogens is 3. The number of hydrogen-bond donors (Lipinski definition) is 1. The van der Waals surface area contributed by atoms with E-state index in [4.69, 9.17) is 16.3 Å². The van der Waals surface area contributed by atoms with Crippen molar-refractivity contribution in [2.24, 2.45) is 17.3 Å². The van der Waals surface area contributed by atoms with Crippen LogP contribution in [0.1, 0.15) is 38.5 Å². The predicted molar refractivity (Wildman–Crippen MR) is 99.8 cm³/mol. The number of alkyl halides is 1. The molecule has 0 saturated heterocycles. The van der Waals surface area contributed by atoms with Gasteiger partial charge < -0.3 is 10.1 Å². The molecule has 7 heteroatoms. The van der Waals surface area contributed by atoms with Crippen LogP contribution in [0.3, 0.4) is 0 Å². The highest BCUT2D eigenvalue weighted by atomic mass is 79.9. The maximum absolute atomic E-state index is 13.2. The van der Waals surface area contributed by atoms with E-state index in [-0.39, 0.29) is 21.9 Å². The molecule has 1 aromatic rings. The van der Waals surface area contributed by atoms with Crippen LogP contribution in [0.4, 0.5) is 10.1 Å². The monoisotopic (exact) mass is 443 g/mol. The Bertz CT molecular complexity index is 757. The second-order valence-electron chi connectivity index (χ2n) is 8.15. The third kappa shape index (κ3) is 3.38. The van der Waals surface area contributed by atoms with Crippen LogP contribution >= 0.6 is 27.5 Å². The number of ether oxygens (including phenoxy) is 1. The molecule has 0 aromatic heterocycles. The minimum absolute atomic E-state index is 0.0588. The lowest BCUT2D eigenvalue weighted by Gasteiger charge is -2.58. The zero-order chi connectivity index (χ0) is 18.5. The van der Waals surface area contributed by atoms with Crippen LogP contribution in [0.25, 0.3) is 0 Å². The minimum Gasteiger partial charge on any atom is -0.455 e. The minimum atomic E-state index is -0.554. The summed E-state index contributed by atoms with van der Waals surface area (Å²) in [7, 11) is 0. The summed E-state index contributed by atoms with van der Waals surface area (Å²) in [6, 6.07) is 3.91. The molecule has 4 fully saturated rings. The van der Waals surface area contributed by atoms with Crippen LogP contribution in [0.5, 0.6) is 0 Å². The Kier molecular flexibility index (Phi) is 4.55. The average molecular weight is 445 g/mol. The first kappa shape index (κ1) is 18.2. The van der Waals surface area contributed by atoms with E-state index in [9.17, 15) is 14.0 Å². The molecule has 0 heterocycles. The number of nitrogens with one attached hydrogen (secondary N) is 1. The van der Waals surface area contributed by atoms with Crippen LogP contribution in [0, 0.1) is 23.1 Å². The normalized spacial score (nSPS) is 34.6. The van der Waals surface area contributed by atoms with Gasteiger partial charge in [0.1, 0.15) is 5.82 Å². The molecular formula is C19H20BrClFNO3. The lowest BCUT2D eigenvalue weighted by Crippen LogP contribution is -2.56. The van der Waals surface area contributed by atoms with Crippen molar-refractivity contribution in [1.29, 1.82) is 0 Å². The largest absolute Gasteiger partial charge is 0.455 e. The summed E-state index contributed by atoms with van der Waals surface area (Å²) in [4.78, 5) is 24.9. The zero-order valence-electron chi connectivity index (χ0n) is 14.2. The van der Waals surface area contributed by atoms with Crippen molar-refractivity contribution in [1.82, 2.24) is 0 Å². The average Bonchev–Trinajstić information content (AvgIpc) is 2.53. The second kappa shape index (κ2) is 6.48. The molecule has 4 saturated carbocycles. The van der Waals surface area contributed by atoms with Crippen molar-refractivity contribution in [3.8, 4) is 0 Å². The third-order valence-electron chi connectivity index (χ3n) is 5.96. The van der Waals surface area contributed by atoms with E-state index in [1.54, 1.807) is 0 Å². The molecule has 26 heavy (non-hydrogen) atoms. The second-order valence-corrected chi connectivity index (χ2v) is 10.2. The molecule has 4 aliphatic carbocycles. The van der Waals surface area contributed by atoms with Crippen molar-refractivity contribution in [3.05, 3.63) is 29.0 Å². The van der Waals surface area contributed by atoms with Gasteiger partial charge in [0.15, 0.2) is 6.61 Å². The molecule has 2 unspecified atom stereocenters. The molecular weight excluding hydrogens is 425 g/mol. The van der Waals surface area contributed by atoms with Gasteiger partial charge in [0, 0.05) is 10.0 Å². The number of carbonyl (C=O) groups is 2. The maximum Gasteiger partial charge on any atom is 0.312 e. The SMILES string of the molecule is O=C(COC(=O)C12C[C@@H]3C[C@@H](CC(Br)(C3)C1)C2)Nc1ccc(F)c(Cl)c1. The molecule has 1 N–H and O–H groups in total. The lowest BCUT2D eigenvalue weighted by molar-refractivity contribution is -0.170. The Morgan fingerprint density at radius 1 is 1.27 bits per heavy atom. The van der Waals surface area contributed by atoms with E-state index in [0.29, 0.717) is 17.5 Å². The molecule has 1 amide bonds. The Hall–Kier alpha value is -1.14. The maximum atomic E-state index is 13.2. The number of hydrogen-bond acceptors (Lipinski definition) is 3. The molecule has 4 aliphatic rings. The summed E-state index contributed by atoms with van der Waals surface area (Å²) in [6.07, 6.45) is 5.99. The molecule has 4 nitrogen and oxygen atoms in total.